The van der Waals surface area contributed by atoms with Gasteiger partial charge >= 0.3 is 0 Å². The van der Waals surface area contributed by atoms with E-state index in [0.717, 1.165) is 16.3 Å². The van der Waals surface area contributed by atoms with Gasteiger partial charge in [-0.05, 0) is 30.0 Å². The van der Waals surface area contributed by atoms with E-state index in [1.165, 1.54) is 0 Å². The zero-order valence-electron chi connectivity index (χ0n) is 7.01. The first kappa shape index (κ1) is 8.79. The summed E-state index contributed by atoms with van der Waals surface area (Å²) in [5.74, 6) is 0. The molecule has 0 N–H and O–H groups in total. The van der Waals surface area contributed by atoms with Crippen molar-refractivity contribution in [2.75, 3.05) is 0 Å². The largest absolute Gasteiger partial charge is 0.244 e. The van der Waals surface area contributed by atoms with E-state index in [0.29, 0.717) is 10.2 Å². The fraction of sp³-hybridized carbons (Fsp3) is 0.100. The molecule has 1 nitrogen and oxygen atoms in total. The highest BCUT2D eigenvalue weighted by Crippen LogP contribution is 2.26. The summed E-state index contributed by atoms with van der Waals surface area (Å²) in [4.78, 5) is 3.99. The lowest BCUT2D eigenvalue weighted by molar-refractivity contribution is 1.35. The van der Waals surface area contributed by atoms with Crippen LogP contribution >= 0.6 is 23.2 Å². The molecular weight excluding hydrogens is 205 g/mol. The second-order valence-electron chi connectivity index (χ2n) is 2.92. The number of rotatable bonds is 0. The molecular formula is C10H7Cl2N. The summed E-state index contributed by atoms with van der Waals surface area (Å²) in [6.45, 7) is 2.02. The second kappa shape index (κ2) is 3.17. The Balaban J connectivity index is 2.92. The molecule has 0 amide bonds. The zero-order chi connectivity index (χ0) is 9.42. The summed E-state index contributed by atoms with van der Waals surface area (Å²) >= 11 is 11.8. The van der Waals surface area contributed by atoms with Crippen molar-refractivity contribution in [3.05, 3.63) is 40.1 Å². The maximum atomic E-state index is 6.00. The van der Waals surface area contributed by atoms with Crippen LogP contribution in [0, 0.1) is 6.92 Å². The van der Waals surface area contributed by atoms with Gasteiger partial charge in [-0.15, -0.1) is 0 Å². The maximum absolute atomic E-state index is 6.00. The average Bonchev–Trinajstić information content (AvgIpc) is 2.12. The highest BCUT2D eigenvalue weighted by Gasteiger charge is 2.02. The lowest BCUT2D eigenvalue weighted by Crippen LogP contribution is -1.82. The number of hydrogen-bond acceptors (Lipinski definition) is 1. The van der Waals surface area contributed by atoms with Gasteiger partial charge in [0, 0.05) is 16.6 Å². The summed E-state index contributed by atoms with van der Waals surface area (Å²) in [5.41, 5.74) is 1.16. The van der Waals surface area contributed by atoms with Crippen LogP contribution in [0.3, 0.4) is 0 Å². The molecule has 0 radical (unpaired) electrons. The van der Waals surface area contributed by atoms with Gasteiger partial charge in [0.1, 0.15) is 5.15 Å². The number of benzene rings is 1. The molecule has 0 bridgehead atoms. The fourth-order valence-corrected chi connectivity index (χ4v) is 1.70. The number of hydrogen-bond donors (Lipinski definition) is 0. The fourth-order valence-electron chi connectivity index (χ4n) is 1.32. The average molecular weight is 212 g/mol. The molecule has 13 heavy (non-hydrogen) atoms. The number of halogens is 2. The van der Waals surface area contributed by atoms with Gasteiger partial charge in [-0.3, -0.25) is 0 Å². The highest BCUT2D eigenvalue weighted by molar-refractivity contribution is 6.36. The summed E-state index contributed by atoms with van der Waals surface area (Å²) in [6.07, 6.45) is 1.70. The van der Waals surface area contributed by atoms with Gasteiger partial charge in [0.05, 0.1) is 0 Å². The molecule has 3 heteroatoms. The third-order valence-corrected chi connectivity index (χ3v) is 2.57. The third kappa shape index (κ3) is 1.50. The van der Waals surface area contributed by atoms with E-state index in [1.54, 1.807) is 6.20 Å². The maximum Gasteiger partial charge on any atom is 0.129 e. The first-order chi connectivity index (χ1) is 6.18. The van der Waals surface area contributed by atoms with E-state index in [9.17, 15) is 0 Å². The summed E-state index contributed by atoms with van der Waals surface area (Å²) in [7, 11) is 0. The van der Waals surface area contributed by atoms with Crippen LogP contribution in [0.15, 0.2) is 24.4 Å². The molecule has 2 aromatic rings. The standard InChI is InChI=1S/C10H7Cl2N/c1-6-2-3-9(11)8-5-13-10(12)4-7(6)8/h2-5H,1H3. The molecule has 1 aromatic heterocycles. The quantitative estimate of drug-likeness (QED) is 0.604. The molecule has 0 aliphatic rings. The Morgan fingerprint density at radius 2 is 1.92 bits per heavy atom. The predicted molar refractivity (Wildman–Crippen MR) is 56.5 cm³/mol. The molecule has 2 rings (SSSR count). The van der Waals surface area contributed by atoms with Crippen LogP contribution in [-0.4, -0.2) is 4.98 Å². The molecule has 66 valence electrons. The Labute approximate surface area is 86.3 Å². The van der Waals surface area contributed by atoms with Crippen molar-refractivity contribution in [2.45, 2.75) is 6.92 Å². The van der Waals surface area contributed by atoms with Crippen molar-refractivity contribution in [3.63, 3.8) is 0 Å². The van der Waals surface area contributed by atoms with E-state index in [2.05, 4.69) is 4.98 Å². The van der Waals surface area contributed by atoms with Gasteiger partial charge < -0.3 is 0 Å². The lowest BCUT2D eigenvalue weighted by Gasteiger charge is -2.03. The van der Waals surface area contributed by atoms with Crippen molar-refractivity contribution in [1.29, 1.82) is 0 Å². The number of aromatic nitrogens is 1. The van der Waals surface area contributed by atoms with Crippen LogP contribution in [-0.2, 0) is 0 Å². The Bertz CT molecular complexity index is 466. The van der Waals surface area contributed by atoms with E-state index >= 15 is 0 Å². The lowest BCUT2D eigenvalue weighted by atomic mass is 10.1. The van der Waals surface area contributed by atoms with Gasteiger partial charge in [0.2, 0.25) is 0 Å². The van der Waals surface area contributed by atoms with Crippen LogP contribution in [0.4, 0.5) is 0 Å². The molecule has 1 heterocycles. The van der Waals surface area contributed by atoms with Crippen molar-refractivity contribution in [1.82, 2.24) is 4.98 Å². The Morgan fingerprint density at radius 3 is 2.69 bits per heavy atom. The molecule has 0 aliphatic carbocycles. The van der Waals surface area contributed by atoms with Crippen LogP contribution in [0.25, 0.3) is 10.8 Å². The summed E-state index contributed by atoms with van der Waals surface area (Å²) < 4.78 is 0. The van der Waals surface area contributed by atoms with Gasteiger partial charge in [0.25, 0.3) is 0 Å². The SMILES string of the molecule is Cc1ccc(Cl)c2cnc(Cl)cc12. The first-order valence-corrected chi connectivity index (χ1v) is 4.64. The zero-order valence-corrected chi connectivity index (χ0v) is 8.52. The molecule has 0 spiro atoms. The smallest absolute Gasteiger partial charge is 0.129 e. The van der Waals surface area contributed by atoms with Crippen LogP contribution in [0.5, 0.6) is 0 Å². The highest BCUT2D eigenvalue weighted by atomic mass is 35.5. The van der Waals surface area contributed by atoms with Gasteiger partial charge in [-0.25, -0.2) is 4.98 Å². The monoisotopic (exact) mass is 211 g/mol. The molecule has 0 fully saturated rings. The van der Waals surface area contributed by atoms with Crippen LogP contribution in [0.2, 0.25) is 10.2 Å². The van der Waals surface area contributed by atoms with Gasteiger partial charge in [-0.1, -0.05) is 29.3 Å². The van der Waals surface area contributed by atoms with Crippen molar-refractivity contribution < 1.29 is 0 Å². The Hall–Kier alpha value is -0.790. The molecule has 0 atom stereocenters. The topological polar surface area (TPSA) is 12.9 Å². The number of nitrogens with zero attached hydrogens (tertiary/aromatic N) is 1. The molecule has 0 unspecified atom stereocenters. The van der Waals surface area contributed by atoms with Gasteiger partial charge in [-0.2, -0.15) is 0 Å². The van der Waals surface area contributed by atoms with E-state index in [1.807, 2.05) is 25.1 Å². The van der Waals surface area contributed by atoms with E-state index in [-0.39, 0.29) is 0 Å². The molecule has 0 aliphatic heterocycles. The number of pyridine rings is 1. The first-order valence-electron chi connectivity index (χ1n) is 3.89. The number of fused-ring (bicyclic) bond motifs is 1. The van der Waals surface area contributed by atoms with Crippen LogP contribution in [0.1, 0.15) is 5.56 Å². The number of aryl methyl sites for hydroxylation is 1. The minimum atomic E-state index is 0.498. The Kier molecular flexibility index (Phi) is 2.14. The third-order valence-electron chi connectivity index (χ3n) is 2.03. The Morgan fingerprint density at radius 1 is 1.15 bits per heavy atom. The molecule has 1 aromatic carbocycles. The minimum absolute atomic E-state index is 0.498. The van der Waals surface area contributed by atoms with E-state index in [4.69, 9.17) is 23.2 Å². The normalized spacial score (nSPS) is 10.7. The summed E-state index contributed by atoms with van der Waals surface area (Å²) in [6, 6.07) is 5.67. The molecule has 0 saturated heterocycles. The molecule has 0 saturated carbocycles. The van der Waals surface area contributed by atoms with Gasteiger partial charge in [0.15, 0.2) is 0 Å². The second-order valence-corrected chi connectivity index (χ2v) is 3.71. The van der Waals surface area contributed by atoms with E-state index < -0.39 is 0 Å². The van der Waals surface area contributed by atoms with Crippen molar-refractivity contribution in [3.8, 4) is 0 Å². The van der Waals surface area contributed by atoms with Crippen molar-refractivity contribution >= 4 is 34.0 Å². The predicted octanol–water partition coefficient (Wildman–Crippen LogP) is 3.85. The van der Waals surface area contributed by atoms with Crippen molar-refractivity contribution in [2.24, 2.45) is 0 Å². The minimum Gasteiger partial charge on any atom is -0.244 e. The van der Waals surface area contributed by atoms with Crippen LogP contribution < -0.4 is 0 Å². The summed E-state index contributed by atoms with van der Waals surface area (Å²) in [5, 5.41) is 3.22.